The second-order valence-corrected chi connectivity index (χ2v) is 3.12. The summed E-state index contributed by atoms with van der Waals surface area (Å²) in [4.78, 5) is 0. The minimum absolute atomic E-state index is 0.612. The third kappa shape index (κ3) is 3.61. The van der Waals surface area contributed by atoms with E-state index in [1.165, 1.54) is 12.8 Å². The van der Waals surface area contributed by atoms with Crippen LogP contribution < -0.4 is 4.72 Å². The van der Waals surface area contributed by atoms with Gasteiger partial charge >= 0.3 is 0 Å². The molecule has 0 heterocycles. The largest absolute Gasteiger partial charge is 0.760 e. The Morgan fingerprint density at radius 3 is 2.78 bits per heavy atom. The Hall–Kier alpha value is 0.0700. The first-order valence-corrected chi connectivity index (χ1v) is 4.19. The van der Waals surface area contributed by atoms with Gasteiger partial charge in [0.25, 0.3) is 0 Å². The Balaban J connectivity index is 1.86. The van der Waals surface area contributed by atoms with Crippen LogP contribution >= 0.6 is 0 Å². The lowest BCUT2D eigenvalue weighted by Crippen LogP contribution is -2.17. The molecule has 1 fully saturated rings. The number of nitrogens with one attached hydrogen (secondary N) is 1. The summed E-state index contributed by atoms with van der Waals surface area (Å²) >= 11 is -2.05. The summed E-state index contributed by atoms with van der Waals surface area (Å²) in [6, 6.07) is 0. The topological polar surface area (TPSA) is 52.2 Å². The molecule has 1 rings (SSSR count). The van der Waals surface area contributed by atoms with E-state index in [0.717, 1.165) is 12.3 Å². The molecule has 4 heteroatoms. The average molecular weight is 148 g/mol. The molecule has 1 aliphatic rings. The Morgan fingerprint density at radius 2 is 2.33 bits per heavy atom. The predicted octanol–water partition coefficient (Wildman–Crippen LogP) is 0.170. The van der Waals surface area contributed by atoms with E-state index in [4.69, 9.17) is 0 Å². The minimum Gasteiger partial charge on any atom is -0.760 e. The van der Waals surface area contributed by atoms with E-state index in [-0.39, 0.29) is 0 Å². The number of hydrogen-bond acceptors (Lipinski definition) is 2. The van der Waals surface area contributed by atoms with E-state index in [1.807, 2.05) is 0 Å². The quantitative estimate of drug-likeness (QED) is 0.578. The molecular weight excluding hydrogens is 138 g/mol. The predicted molar refractivity (Wildman–Crippen MR) is 34.3 cm³/mol. The minimum atomic E-state index is -2.05. The second-order valence-electron chi connectivity index (χ2n) is 2.36. The molecule has 9 heavy (non-hydrogen) atoms. The molecule has 0 amide bonds. The van der Waals surface area contributed by atoms with Gasteiger partial charge in [-0.15, -0.1) is 0 Å². The summed E-state index contributed by atoms with van der Waals surface area (Å²) in [6.45, 7) is 0.612. The van der Waals surface area contributed by atoms with Crippen molar-refractivity contribution in [2.45, 2.75) is 19.3 Å². The molecule has 54 valence electrons. The van der Waals surface area contributed by atoms with Crippen molar-refractivity contribution in [2.24, 2.45) is 5.92 Å². The van der Waals surface area contributed by atoms with E-state index in [2.05, 4.69) is 4.72 Å². The summed E-state index contributed by atoms with van der Waals surface area (Å²) < 4.78 is 22.1. The lowest BCUT2D eigenvalue weighted by atomic mass is 10.3. The molecule has 0 aliphatic heterocycles. The van der Waals surface area contributed by atoms with Crippen molar-refractivity contribution in [1.29, 1.82) is 0 Å². The molecule has 1 N–H and O–H groups in total. The van der Waals surface area contributed by atoms with E-state index < -0.39 is 11.3 Å². The fourth-order valence-corrected chi connectivity index (χ4v) is 1.04. The van der Waals surface area contributed by atoms with Crippen LogP contribution in [-0.2, 0) is 11.3 Å². The maximum atomic E-state index is 9.89. The lowest BCUT2D eigenvalue weighted by molar-refractivity contribution is 0.519. The van der Waals surface area contributed by atoms with E-state index in [9.17, 15) is 8.76 Å². The lowest BCUT2D eigenvalue weighted by Gasteiger charge is -2.04. The van der Waals surface area contributed by atoms with Crippen molar-refractivity contribution < 1.29 is 8.76 Å². The van der Waals surface area contributed by atoms with Crippen LogP contribution in [0, 0.1) is 5.92 Å². The van der Waals surface area contributed by atoms with Gasteiger partial charge in [-0.2, -0.15) is 0 Å². The van der Waals surface area contributed by atoms with Crippen molar-refractivity contribution in [3.05, 3.63) is 0 Å². The zero-order valence-electron chi connectivity index (χ0n) is 5.13. The summed E-state index contributed by atoms with van der Waals surface area (Å²) in [5.74, 6) is 0.807. The normalized spacial score (nSPS) is 21.9. The fraction of sp³-hybridized carbons (Fsp3) is 1.00. The van der Waals surface area contributed by atoms with Gasteiger partial charge in [0.05, 0.1) is 0 Å². The summed E-state index contributed by atoms with van der Waals surface area (Å²) in [5.41, 5.74) is 0. The Kier molecular flexibility index (Phi) is 2.63. The van der Waals surface area contributed by atoms with Crippen molar-refractivity contribution in [3.8, 4) is 0 Å². The molecule has 1 unspecified atom stereocenters. The van der Waals surface area contributed by atoms with Gasteiger partial charge in [0, 0.05) is 17.8 Å². The van der Waals surface area contributed by atoms with Crippen molar-refractivity contribution in [2.75, 3.05) is 6.54 Å². The SMILES string of the molecule is O=S([O-])NCCC1CC1. The maximum absolute atomic E-state index is 9.89. The molecular formula is C5H10NO2S-. The molecule has 1 saturated carbocycles. The molecule has 0 aromatic rings. The van der Waals surface area contributed by atoms with Crippen LogP contribution in [0.15, 0.2) is 0 Å². The molecule has 0 saturated heterocycles. The third-order valence-electron chi connectivity index (χ3n) is 1.47. The first kappa shape index (κ1) is 7.18. The smallest absolute Gasteiger partial charge is 0.0181 e. The summed E-state index contributed by atoms with van der Waals surface area (Å²) in [7, 11) is 0. The average Bonchev–Trinajstić information content (AvgIpc) is 2.48. The molecule has 3 nitrogen and oxygen atoms in total. The van der Waals surface area contributed by atoms with Crippen molar-refractivity contribution >= 4 is 11.3 Å². The highest BCUT2D eigenvalue weighted by Gasteiger charge is 2.19. The monoisotopic (exact) mass is 148 g/mol. The van der Waals surface area contributed by atoms with E-state index in [0.29, 0.717) is 6.54 Å². The van der Waals surface area contributed by atoms with Gasteiger partial charge in [-0.25, -0.2) is 4.72 Å². The molecule has 0 aromatic carbocycles. The van der Waals surface area contributed by atoms with Gasteiger partial charge in [0.1, 0.15) is 0 Å². The number of rotatable bonds is 4. The standard InChI is InChI=1S/C5H11NO2S/c7-9(8)6-4-3-5-1-2-5/h5-6H,1-4H2,(H,7,8)/p-1. The van der Waals surface area contributed by atoms with Crippen LogP contribution in [0.25, 0.3) is 0 Å². The Morgan fingerprint density at radius 1 is 1.67 bits per heavy atom. The van der Waals surface area contributed by atoms with E-state index in [1.54, 1.807) is 0 Å². The summed E-state index contributed by atoms with van der Waals surface area (Å²) in [6.07, 6.45) is 3.58. The molecule has 0 aromatic heterocycles. The zero-order chi connectivity index (χ0) is 6.69. The van der Waals surface area contributed by atoms with Gasteiger partial charge in [-0.1, -0.05) is 12.8 Å². The van der Waals surface area contributed by atoms with Crippen LogP contribution in [0.5, 0.6) is 0 Å². The molecule has 0 spiro atoms. The Bertz CT molecular complexity index is 114. The van der Waals surface area contributed by atoms with Gasteiger partial charge in [0.2, 0.25) is 0 Å². The molecule has 0 radical (unpaired) electrons. The fourth-order valence-electron chi connectivity index (χ4n) is 0.753. The maximum Gasteiger partial charge on any atom is 0.0181 e. The zero-order valence-corrected chi connectivity index (χ0v) is 5.95. The second kappa shape index (κ2) is 3.29. The van der Waals surface area contributed by atoms with Crippen molar-refractivity contribution in [3.63, 3.8) is 0 Å². The van der Waals surface area contributed by atoms with Gasteiger partial charge in [0.15, 0.2) is 0 Å². The number of hydrogen-bond donors (Lipinski definition) is 1. The van der Waals surface area contributed by atoms with Gasteiger partial charge in [-0.3, -0.25) is 4.21 Å². The summed E-state index contributed by atoms with van der Waals surface area (Å²) in [5, 5.41) is 0. The molecule has 0 bridgehead atoms. The van der Waals surface area contributed by atoms with Gasteiger partial charge in [-0.05, 0) is 12.3 Å². The third-order valence-corrected chi connectivity index (χ3v) is 1.91. The first-order chi connectivity index (χ1) is 4.29. The van der Waals surface area contributed by atoms with Crippen LogP contribution in [0.3, 0.4) is 0 Å². The van der Waals surface area contributed by atoms with Crippen molar-refractivity contribution in [1.82, 2.24) is 4.72 Å². The Labute approximate surface area is 57.3 Å². The van der Waals surface area contributed by atoms with Crippen LogP contribution in [0.1, 0.15) is 19.3 Å². The molecule has 1 aliphatic carbocycles. The highest BCUT2D eigenvalue weighted by Crippen LogP contribution is 2.31. The van der Waals surface area contributed by atoms with Crippen LogP contribution in [-0.4, -0.2) is 15.3 Å². The highest BCUT2D eigenvalue weighted by molar-refractivity contribution is 7.77. The van der Waals surface area contributed by atoms with E-state index >= 15 is 0 Å². The van der Waals surface area contributed by atoms with Crippen LogP contribution in [0.2, 0.25) is 0 Å². The highest BCUT2D eigenvalue weighted by atomic mass is 32.2. The van der Waals surface area contributed by atoms with Crippen LogP contribution in [0.4, 0.5) is 0 Å². The first-order valence-electron chi connectivity index (χ1n) is 3.12. The molecule has 1 atom stereocenters. The van der Waals surface area contributed by atoms with Gasteiger partial charge < -0.3 is 4.55 Å².